The summed E-state index contributed by atoms with van der Waals surface area (Å²) < 4.78 is 5.29. The predicted molar refractivity (Wildman–Crippen MR) is 141 cm³/mol. The molecule has 32 heavy (non-hydrogen) atoms. The van der Waals surface area contributed by atoms with Crippen LogP contribution in [0.15, 0.2) is 53.5 Å². The first-order chi connectivity index (χ1) is 15.0. The van der Waals surface area contributed by atoms with Crippen molar-refractivity contribution in [2.45, 2.75) is 32.2 Å². The zero-order chi connectivity index (χ0) is 22.1. The summed E-state index contributed by atoms with van der Waals surface area (Å²) in [5.74, 6) is 0.933. The minimum Gasteiger partial charge on any atom is -0.484 e. The molecule has 7 nitrogen and oxygen atoms in total. The van der Waals surface area contributed by atoms with Crippen molar-refractivity contribution in [3.63, 3.8) is 0 Å². The number of anilines is 1. The number of rotatable bonds is 9. The number of amides is 1. The van der Waals surface area contributed by atoms with Gasteiger partial charge in [0.05, 0.1) is 6.04 Å². The molecule has 0 bridgehead atoms. The highest BCUT2D eigenvalue weighted by Crippen LogP contribution is 2.24. The minimum atomic E-state index is -0.482. The predicted octanol–water partition coefficient (Wildman–Crippen LogP) is 3.24. The van der Waals surface area contributed by atoms with E-state index in [9.17, 15) is 4.79 Å². The van der Waals surface area contributed by atoms with Crippen molar-refractivity contribution >= 4 is 41.5 Å². The quantitative estimate of drug-likeness (QED) is 0.253. The van der Waals surface area contributed by atoms with Crippen LogP contribution in [-0.4, -0.2) is 45.2 Å². The van der Waals surface area contributed by atoms with Crippen LogP contribution in [0.3, 0.4) is 0 Å². The first-order valence-electron chi connectivity index (χ1n) is 10.9. The van der Waals surface area contributed by atoms with Gasteiger partial charge in [-0.3, -0.25) is 9.79 Å². The molecule has 1 aliphatic rings. The third-order valence-corrected chi connectivity index (χ3v) is 5.43. The zero-order valence-electron chi connectivity index (χ0n) is 18.8. The molecule has 1 heterocycles. The van der Waals surface area contributed by atoms with E-state index in [0.717, 1.165) is 32.0 Å². The summed E-state index contributed by atoms with van der Waals surface area (Å²) in [6.07, 6.45) is 3.39. The second-order valence-corrected chi connectivity index (χ2v) is 7.80. The fraction of sp³-hybridized carbons (Fsp3) is 0.417. The normalized spacial score (nSPS) is 14.4. The van der Waals surface area contributed by atoms with E-state index in [4.69, 9.17) is 10.5 Å². The number of carbonyl (C=O) groups excluding carboxylic acids is 1. The highest BCUT2D eigenvalue weighted by atomic mass is 127. The molecule has 0 aromatic heterocycles. The molecule has 0 radical (unpaired) electrons. The van der Waals surface area contributed by atoms with Gasteiger partial charge in [-0.25, -0.2) is 0 Å². The molecular weight excluding hydrogens is 517 g/mol. The Kier molecular flexibility index (Phi) is 10.6. The third kappa shape index (κ3) is 7.89. The lowest BCUT2D eigenvalue weighted by molar-refractivity contribution is -0.119. The molecule has 1 unspecified atom stereocenters. The van der Waals surface area contributed by atoms with Gasteiger partial charge in [0.1, 0.15) is 5.75 Å². The molecule has 174 valence electrons. The Labute approximate surface area is 207 Å². The van der Waals surface area contributed by atoms with Crippen molar-refractivity contribution in [3.05, 3.63) is 59.7 Å². The number of nitrogens with two attached hydrogens (primary N) is 1. The van der Waals surface area contributed by atoms with Crippen LogP contribution in [0.5, 0.6) is 5.75 Å². The van der Waals surface area contributed by atoms with Crippen LogP contribution in [0.2, 0.25) is 0 Å². The van der Waals surface area contributed by atoms with E-state index in [-0.39, 0.29) is 36.6 Å². The van der Waals surface area contributed by atoms with Crippen molar-refractivity contribution < 1.29 is 9.53 Å². The molecule has 3 rings (SSSR count). The van der Waals surface area contributed by atoms with Crippen LogP contribution >= 0.6 is 24.0 Å². The van der Waals surface area contributed by atoms with E-state index in [1.807, 2.05) is 24.3 Å². The average Bonchev–Trinajstić information content (AvgIpc) is 3.33. The fourth-order valence-electron chi connectivity index (χ4n) is 3.68. The van der Waals surface area contributed by atoms with Gasteiger partial charge in [-0.05, 0) is 61.6 Å². The maximum Gasteiger partial charge on any atom is 0.255 e. The summed E-state index contributed by atoms with van der Waals surface area (Å²) in [5, 5.41) is 6.86. The average molecular weight is 551 g/mol. The van der Waals surface area contributed by atoms with Gasteiger partial charge in [0, 0.05) is 32.4 Å². The smallest absolute Gasteiger partial charge is 0.255 e. The third-order valence-electron chi connectivity index (χ3n) is 5.43. The summed E-state index contributed by atoms with van der Waals surface area (Å²) in [4.78, 5) is 17.6. The molecular formula is C24H34IN5O2. The SMILES string of the molecule is CN=C(NCCc1ccc(OCC(N)=O)cc1)NC(C)c1cccc(N2CCCC2)c1.I. The van der Waals surface area contributed by atoms with Crippen LogP contribution in [0.25, 0.3) is 0 Å². The van der Waals surface area contributed by atoms with Gasteiger partial charge in [-0.1, -0.05) is 24.3 Å². The summed E-state index contributed by atoms with van der Waals surface area (Å²) in [6.45, 7) is 5.09. The van der Waals surface area contributed by atoms with Gasteiger partial charge in [0.15, 0.2) is 12.6 Å². The number of hydrogen-bond acceptors (Lipinski definition) is 4. The topological polar surface area (TPSA) is 92.0 Å². The maximum absolute atomic E-state index is 10.8. The van der Waals surface area contributed by atoms with Crippen LogP contribution < -0.4 is 26.0 Å². The molecule has 4 N–H and O–H groups in total. The van der Waals surface area contributed by atoms with E-state index in [1.54, 1.807) is 7.05 Å². The van der Waals surface area contributed by atoms with Crippen LogP contribution in [0, 0.1) is 0 Å². The molecule has 0 spiro atoms. The monoisotopic (exact) mass is 551 g/mol. The Hall–Kier alpha value is -2.49. The second-order valence-electron chi connectivity index (χ2n) is 7.80. The summed E-state index contributed by atoms with van der Waals surface area (Å²) >= 11 is 0. The molecule has 1 fully saturated rings. The lowest BCUT2D eigenvalue weighted by Crippen LogP contribution is -2.39. The lowest BCUT2D eigenvalue weighted by Gasteiger charge is -2.22. The number of halogens is 1. The molecule has 2 aromatic carbocycles. The minimum absolute atomic E-state index is 0. The van der Waals surface area contributed by atoms with Crippen molar-refractivity contribution in [3.8, 4) is 5.75 Å². The number of benzene rings is 2. The summed E-state index contributed by atoms with van der Waals surface area (Å²) in [5.41, 5.74) is 8.81. The molecule has 1 atom stereocenters. The number of primary amides is 1. The van der Waals surface area contributed by atoms with Crippen LogP contribution in [0.4, 0.5) is 5.69 Å². The number of nitrogens with one attached hydrogen (secondary N) is 2. The van der Waals surface area contributed by atoms with Gasteiger partial charge >= 0.3 is 0 Å². The van der Waals surface area contributed by atoms with Gasteiger partial charge in [0.2, 0.25) is 0 Å². The van der Waals surface area contributed by atoms with Gasteiger partial charge in [-0.15, -0.1) is 24.0 Å². The Morgan fingerprint density at radius 1 is 1.19 bits per heavy atom. The summed E-state index contributed by atoms with van der Waals surface area (Å²) in [6, 6.07) is 16.6. The molecule has 1 saturated heterocycles. The first-order valence-corrected chi connectivity index (χ1v) is 10.9. The fourth-order valence-corrected chi connectivity index (χ4v) is 3.68. The number of hydrogen-bond donors (Lipinski definition) is 3. The van der Waals surface area contributed by atoms with Crippen molar-refractivity contribution in [2.24, 2.45) is 10.7 Å². The van der Waals surface area contributed by atoms with Crippen molar-refractivity contribution in [1.82, 2.24) is 10.6 Å². The highest BCUT2D eigenvalue weighted by Gasteiger charge is 2.14. The Morgan fingerprint density at radius 3 is 2.56 bits per heavy atom. The lowest BCUT2D eigenvalue weighted by atomic mass is 10.1. The Morgan fingerprint density at radius 2 is 1.91 bits per heavy atom. The zero-order valence-corrected chi connectivity index (χ0v) is 21.2. The molecule has 1 aliphatic heterocycles. The van der Waals surface area contributed by atoms with E-state index < -0.39 is 5.91 Å². The molecule has 8 heteroatoms. The standard InChI is InChI=1S/C24H33N5O2.HI/c1-18(20-6-5-7-21(16-20)29-14-3-4-15-29)28-24(26-2)27-13-12-19-8-10-22(11-9-19)31-17-23(25)30;/h5-11,16,18H,3-4,12-15,17H2,1-2H3,(H2,25,30)(H2,26,27,28);1H. The first kappa shape index (κ1) is 25.8. The van der Waals surface area contributed by atoms with E-state index >= 15 is 0 Å². The number of carbonyl (C=O) groups is 1. The number of ether oxygens (including phenoxy) is 1. The molecule has 2 aromatic rings. The number of nitrogens with zero attached hydrogens (tertiary/aromatic N) is 2. The maximum atomic E-state index is 10.8. The van der Waals surface area contributed by atoms with Crippen LogP contribution in [-0.2, 0) is 11.2 Å². The molecule has 0 saturated carbocycles. The largest absolute Gasteiger partial charge is 0.484 e. The van der Waals surface area contributed by atoms with Crippen molar-refractivity contribution in [2.75, 3.05) is 38.2 Å². The van der Waals surface area contributed by atoms with Crippen molar-refractivity contribution in [1.29, 1.82) is 0 Å². The Balaban J connectivity index is 0.00000363. The highest BCUT2D eigenvalue weighted by molar-refractivity contribution is 14.0. The van der Waals surface area contributed by atoms with E-state index in [2.05, 4.69) is 51.7 Å². The van der Waals surface area contributed by atoms with E-state index in [1.165, 1.54) is 29.7 Å². The van der Waals surface area contributed by atoms with Gasteiger partial charge in [-0.2, -0.15) is 0 Å². The second kappa shape index (κ2) is 13.1. The summed E-state index contributed by atoms with van der Waals surface area (Å²) in [7, 11) is 1.79. The van der Waals surface area contributed by atoms with E-state index in [0.29, 0.717) is 5.75 Å². The molecule has 0 aliphatic carbocycles. The number of aliphatic imine (C=N–C) groups is 1. The Bertz CT molecular complexity index is 882. The van der Waals surface area contributed by atoms with Gasteiger partial charge < -0.3 is 26.0 Å². The number of guanidine groups is 1. The van der Waals surface area contributed by atoms with Gasteiger partial charge in [0.25, 0.3) is 5.91 Å². The van der Waals surface area contributed by atoms with Crippen LogP contribution in [0.1, 0.15) is 36.9 Å². The molecule has 1 amide bonds.